The Labute approximate surface area is 122 Å². The van der Waals surface area contributed by atoms with Crippen LogP contribution in [0, 0.1) is 6.92 Å². The predicted octanol–water partition coefficient (Wildman–Crippen LogP) is 2.52. The first kappa shape index (κ1) is 13.5. The highest BCUT2D eigenvalue weighted by molar-refractivity contribution is 7.14. The lowest BCUT2D eigenvalue weighted by Gasteiger charge is -2.36. The Morgan fingerprint density at radius 1 is 1.20 bits per heavy atom. The maximum Gasteiger partial charge on any atom is 0.149 e. The van der Waals surface area contributed by atoms with Crippen molar-refractivity contribution < 1.29 is 4.74 Å². The van der Waals surface area contributed by atoms with E-state index in [4.69, 9.17) is 4.74 Å². The molecule has 0 spiro atoms. The molecule has 2 aromatic heterocycles. The molecule has 0 bridgehead atoms. The van der Waals surface area contributed by atoms with Gasteiger partial charge in [0, 0.05) is 24.8 Å². The fraction of sp³-hybridized carbons (Fsp3) is 0.500. The van der Waals surface area contributed by atoms with Crippen LogP contribution in [0.1, 0.15) is 18.9 Å². The number of hydrogen-bond donors (Lipinski definition) is 0. The largest absolute Gasteiger partial charge is 0.372 e. The van der Waals surface area contributed by atoms with Gasteiger partial charge in [0.15, 0.2) is 0 Å². The molecule has 1 aliphatic rings. The molecule has 5 nitrogen and oxygen atoms in total. The van der Waals surface area contributed by atoms with Crippen molar-refractivity contribution in [2.45, 2.75) is 33.0 Å². The number of hydrogen-bond acceptors (Lipinski definition) is 6. The van der Waals surface area contributed by atoms with Gasteiger partial charge in [0.2, 0.25) is 0 Å². The van der Waals surface area contributed by atoms with Crippen LogP contribution in [0.2, 0.25) is 0 Å². The molecule has 0 aromatic carbocycles. The number of morpholine rings is 1. The van der Waals surface area contributed by atoms with E-state index in [0.717, 1.165) is 34.5 Å². The van der Waals surface area contributed by atoms with E-state index < -0.39 is 0 Å². The summed E-state index contributed by atoms with van der Waals surface area (Å²) < 4.78 is 5.75. The van der Waals surface area contributed by atoms with Crippen LogP contribution in [-0.4, -0.2) is 40.5 Å². The summed E-state index contributed by atoms with van der Waals surface area (Å²) in [6, 6.07) is 4.11. The van der Waals surface area contributed by atoms with Gasteiger partial charge < -0.3 is 9.64 Å². The zero-order chi connectivity index (χ0) is 14.1. The van der Waals surface area contributed by atoms with E-state index >= 15 is 0 Å². The minimum absolute atomic E-state index is 0.242. The number of rotatable bonds is 2. The number of aromatic nitrogens is 3. The SMILES string of the molecule is Cc1nnc(-c2ccc(N3C[C@@H](C)O[C@@H](C)C3)nc2)s1. The Morgan fingerprint density at radius 3 is 2.50 bits per heavy atom. The second-order valence-corrected chi connectivity index (χ2v) is 6.38. The Balaban J connectivity index is 1.79. The van der Waals surface area contributed by atoms with Crippen molar-refractivity contribution in [1.82, 2.24) is 15.2 Å². The lowest BCUT2D eigenvalue weighted by molar-refractivity contribution is -0.00545. The van der Waals surface area contributed by atoms with Crippen molar-refractivity contribution in [1.29, 1.82) is 0 Å². The Kier molecular flexibility index (Phi) is 3.67. The standard InChI is InChI=1S/C14H18N4OS/c1-9-7-18(8-10(2)19-9)13-5-4-12(6-15-13)14-17-16-11(3)20-14/h4-6,9-10H,7-8H2,1-3H3/t9-,10+. The Morgan fingerprint density at radius 2 is 1.95 bits per heavy atom. The smallest absolute Gasteiger partial charge is 0.149 e. The van der Waals surface area contributed by atoms with Gasteiger partial charge in [-0.25, -0.2) is 4.98 Å². The van der Waals surface area contributed by atoms with Gasteiger partial charge in [0.25, 0.3) is 0 Å². The summed E-state index contributed by atoms with van der Waals surface area (Å²) in [5, 5.41) is 10.1. The van der Waals surface area contributed by atoms with E-state index in [2.05, 4.69) is 46.1 Å². The minimum atomic E-state index is 0.242. The second kappa shape index (κ2) is 5.46. The van der Waals surface area contributed by atoms with Crippen molar-refractivity contribution >= 4 is 17.2 Å². The van der Waals surface area contributed by atoms with Crippen LogP contribution < -0.4 is 4.90 Å². The highest BCUT2D eigenvalue weighted by Gasteiger charge is 2.23. The highest BCUT2D eigenvalue weighted by atomic mass is 32.1. The first-order valence-corrected chi connectivity index (χ1v) is 7.60. The molecule has 0 N–H and O–H groups in total. The second-order valence-electron chi connectivity index (χ2n) is 5.19. The van der Waals surface area contributed by atoms with Gasteiger partial charge in [0.05, 0.1) is 12.2 Å². The van der Waals surface area contributed by atoms with Crippen LogP contribution in [0.3, 0.4) is 0 Å². The molecule has 1 aliphatic heterocycles. The van der Waals surface area contributed by atoms with Crippen LogP contribution in [0.15, 0.2) is 18.3 Å². The van der Waals surface area contributed by atoms with Gasteiger partial charge in [-0.05, 0) is 32.9 Å². The normalized spacial score (nSPS) is 23.1. The van der Waals surface area contributed by atoms with E-state index in [9.17, 15) is 0 Å². The van der Waals surface area contributed by atoms with Crippen LogP contribution in [0.5, 0.6) is 0 Å². The van der Waals surface area contributed by atoms with Gasteiger partial charge in [-0.1, -0.05) is 11.3 Å². The lowest BCUT2D eigenvalue weighted by atomic mass is 10.2. The average molecular weight is 290 g/mol. The summed E-state index contributed by atoms with van der Waals surface area (Å²) in [6.45, 7) is 7.92. The van der Waals surface area contributed by atoms with E-state index in [1.54, 1.807) is 11.3 Å². The summed E-state index contributed by atoms with van der Waals surface area (Å²) >= 11 is 1.59. The van der Waals surface area contributed by atoms with Gasteiger partial charge in [-0.2, -0.15) is 0 Å². The van der Waals surface area contributed by atoms with Crippen LogP contribution in [0.4, 0.5) is 5.82 Å². The molecule has 6 heteroatoms. The lowest BCUT2D eigenvalue weighted by Crippen LogP contribution is -2.45. The molecule has 0 radical (unpaired) electrons. The molecule has 0 unspecified atom stereocenters. The third kappa shape index (κ3) is 2.81. The molecule has 106 valence electrons. The van der Waals surface area contributed by atoms with E-state index in [1.807, 2.05) is 13.1 Å². The summed E-state index contributed by atoms with van der Waals surface area (Å²) in [5.74, 6) is 0.997. The molecule has 2 aromatic rings. The maximum atomic E-state index is 5.75. The number of ether oxygens (including phenoxy) is 1. The number of aryl methyl sites for hydroxylation is 1. The topological polar surface area (TPSA) is 51.1 Å². The third-order valence-electron chi connectivity index (χ3n) is 3.26. The van der Waals surface area contributed by atoms with Gasteiger partial charge in [-0.15, -0.1) is 10.2 Å². The molecule has 0 aliphatic carbocycles. The number of anilines is 1. The molecule has 1 fully saturated rings. The molecular formula is C14H18N4OS. The monoisotopic (exact) mass is 290 g/mol. The van der Waals surface area contributed by atoms with Crippen molar-refractivity contribution in [2.75, 3.05) is 18.0 Å². The molecule has 0 amide bonds. The zero-order valence-electron chi connectivity index (χ0n) is 11.9. The van der Waals surface area contributed by atoms with E-state index in [-0.39, 0.29) is 12.2 Å². The quantitative estimate of drug-likeness (QED) is 0.850. The van der Waals surface area contributed by atoms with E-state index in [1.165, 1.54) is 0 Å². The predicted molar refractivity (Wildman–Crippen MR) is 80.1 cm³/mol. The summed E-state index contributed by atoms with van der Waals surface area (Å²) in [6.07, 6.45) is 2.36. The molecular weight excluding hydrogens is 272 g/mol. The first-order chi connectivity index (χ1) is 9.61. The third-order valence-corrected chi connectivity index (χ3v) is 4.15. The molecule has 3 heterocycles. The van der Waals surface area contributed by atoms with Crippen molar-refractivity contribution in [2.24, 2.45) is 0 Å². The summed E-state index contributed by atoms with van der Waals surface area (Å²) in [5.41, 5.74) is 1.02. The first-order valence-electron chi connectivity index (χ1n) is 6.79. The zero-order valence-corrected chi connectivity index (χ0v) is 12.7. The Bertz CT molecular complexity index is 573. The van der Waals surface area contributed by atoms with Crippen molar-refractivity contribution in [3.63, 3.8) is 0 Å². The molecule has 2 atom stereocenters. The Hall–Kier alpha value is -1.53. The number of nitrogens with zero attached hydrogens (tertiary/aromatic N) is 4. The molecule has 3 rings (SSSR count). The molecule has 20 heavy (non-hydrogen) atoms. The van der Waals surface area contributed by atoms with E-state index in [0.29, 0.717) is 0 Å². The fourth-order valence-corrected chi connectivity index (χ4v) is 3.16. The van der Waals surface area contributed by atoms with Gasteiger partial charge in [0.1, 0.15) is 15.8 Å². The van der Waals surface area contributed by atoms with Gasteiger partial charge in [-0.3, -0.25) is 0 Å². The summed E-state index contributed by atoms with van der Waals surface area (Å²) in [7, 11) is 0. The number of pyridine rings is 1. The minimum Gasteiger partial charge on any atom is -0.372 e. The maximum absolute atomic E-state index is 5.75. The average Bonchev–Trinajstić information content (AvgIpc) is 2.84. The van der Waals surface area contributed by atoms with Gasteiger partial charge >= 0.3 is 0 Å². The fourth-order valence-electron chi connectivity index (χ4n) is 2.48. The van der Waals surface area contributed by atoms with Crippen molar-refractivity contribution in [3.05, 3.63) is 23.3 Å². The van der Waals surface area contributed by atoms with Crippen LogP contribution >= 0.6 is 11.3 Å². The van der Waals surface area contributed by atoms with Crippen LogP contribution in [0.25, 0.3) is 10.6 Å². The highest BCUT2D eigenvalue weighted by Crippen LogP contribution is 2.25. The van der Waals surface area contributed by atoms with Crippen molar-refractivity contribution in [3.8, 4) is 10.6 Å². The molecule has 1 saturated heterocycles. The van der Waals surface area contributed by atoms with Crippen LogP contribution in [-0.2, 0) is 4.74 Å². The molecule has 0 saturated carbocycles. The summed E-state index contributed by atoms with van der Waals surface area (Å²) in [4.78, 5) is 6.84.